The molecule has 4 rings (SSSR count). The van der Waals surface area contributed by atoms with Crippen LogP contribution in [0.3, 0.4) is 0 Å². The molecule has 0 saturated carbocycles. The Kier molecular flexibility index (Phi) is 5.40. The first-order chi connectivity index (χ1) is 13.2. The van der Waals surface area contributed by atoms with E-state index in [1.54, 1.807) is 24.3 Å². The Labute approximate surface area is 156 Å². The van der Waals surface area contributed by atoms with Crippen molar-refractivity contribution in [2.45, 2.75) is 43.6 Å². The van der Waals surface area contributed by atoms with Gasteiger partial charge in [0.15, 0.2) is 6.29 Å². The van der Waals surface area contributed by atoms with Gasteiger partial charge in [0, 0.05) is 11.1 Å². The average molecular weight is 374 g/mol. The second-order valence-corrected chi connectivity index (χ2v) is 6.58. The fraction of sp³-hybridized carbons (Fsp3) is 0.400. The first kappa shape index (κ1) is 18.4. The van der Waals surface area contributed by atoms with E-state index in [2.05, 4.69) is 0 Å². The Bertz CT molecular complexity index is 751. The summed E-state index contributed by atoms with van der Waals surface area (Å²) in [6.07, 6.45) is -5.58. The zero-order chi connectivity index (χ0) is 18.8. The van der Waals surface area contributed by atoms with Crippen molar-refractivity contribution in [1.29, 1.82) is 0 Å². The molecule has 0 aromatic heterocycles. The summed E-state index contributed by atoms with van der Waals surface area (Å²) in [7, 11) is 0. The molecule has 2 heterocycles. The largest absolute Gasteiger partial charge is 0.462 e. The highest BCUT2D eigenvalue weighted by molar-refractivity contribution is 5.32. The van der Waals surface area contributed by atoms with E-state index in [0.29, 0.717) is 11.3 Å². The van der Waals surface area contributed by atoms with Gasteiger partial charge in [-0.05, 0) is 6.07 Å². The lowest BCUT2D eigenvalue weighted by Crippen LogP contribution is -2.62. The van der Waals surface area contributed by atoms with Gasteiger partial charge in [0.25, 0.3) is 0 Å². The first-order valence-electron chi connectivity index (χ1n) is 8.86. The quantitative estimate of drug-likeness (QED) is 0.738. The number of ether oxygens (including phenoxy) is 4. The van der Waals surface area contributed by atoms with E-state index in [4.69, 9.17) is 18.9 Å². The summed E-state index contributed by atoms with van der Waals surface area (Å²) in [6.45, 7) is -0.0198. The van der Waals surface area contributed by atoms with Gasteiger partial charge >= 0.3 is 0 Å². The number of para-hydroxylation sites is 1. The minimum absolute atomic E-state index is 0.190. The van der Waals surface area contributed by atoms with Crippen molar-refractivity contribution < 1.29 is 34.3 Å². The molecule has 27 heavy (non-hydrogen) atoms. The van der Waals surface area contributed by atoms with Crippen molar-refractivity contribution in [2.24, 2.45) is 0 Å². The molecule has 3 N–H and O–H groups in total. The Morgan fingerprint density at radius 3 is 2.44 bits per heavy atom. The first-order valence-corrected chi connectivity index (χ1v) is 8.86. The summed E-state index contributed by atoms with van der Waals surface area (Å²) in [5.41, 5.74) is 1.39. The SMILES string of the molecule is OCc1ccccc1O[C@@H]1O[C@@H]2COC(c3ccccc3)O[C@H]2[C@H](O)[C@H]1O. The maximum absolute atomic E-state index is 10.6. The Hall–Kier alpha value is -2.00. The molecule has 2 fully saturated rings. The van der Waals surface area contributed by atoms with E-state index in [1.165, 1.54) is 0 Å². The molecule has 0 bridgehead atoms. The van der Waals surface area contributed by atoms with Crippen LogP contribution < -0.4 is 4.74 Å². The van der Waals surface area contributed by atoms with Gasteiger partial charge in [0.05, 0.1) is 13.2 Å². The highest BCUT2D eigenvalue weighted by Gasteiger charge is 2.49. The van der Waals surface area contributed by atoms with Gasteiger partial charge < -0.3 is 34.3 Å². The molecule has 2 aliphatic rings. The standard InChI is InChI=1S/C20H22O7/c21-10-13-8-4-5-9-14(13)25-20-17(23)16(22)18-15(26-20)11-24-19(27-18)12-6-2-1-3-7-12/h1-9,15-23H,10-11H2/t15-,16-,17-,18-,19?,20-/m1/s1. The monoisotopic (exact) mass is 374 g/mol. The number of aliphatic hydroxyl groups excluding tert-OH is 3. The van der Waals surface area contributed by atoms with Gasteiger partial charge in [-0.15, -0.1) is 0 Å². The summed E-state index contributed by atoms with van der Waals surface area (Å²) in [4.78, 5) is 0. The van der Waals surface area contributed by atoms with Crippen molar-refractivity contribution in [1.82, 2.24) is 0 Å². The molecule has 1 unspecified atom stereocenters. The van der Waals surface area contributed by atoms with Crippen LogP contribution in [-0.4, -0.2) is 52.6 Å². The molecular formula is C20H22O7. The van der Waals surface area contributed by atoms with Crippen LogP contribution in [0.4, 0.5) is 0 Å². The van der Waals surface area contributed by atoms with Crippen LogP contribution in [-0.2, 0) is 20.8 Å². The molecule has 7 heteroatoms. The van der Waals surface area contributed by atoms with Crippen molar-refractivity contribution in [2.75, 3.05) is 6.61 Å². The van der Waals surface area contributed by atoms with Crippen LogP contribution in [0.15, 0.2) is 54.6 Å². The average Bonchev–Trinajstić information content (AvgIpc) is 2.72. The highest BCUT2D eigenvalue weighted by Crippen LogP contribution is 2.35. The fourth-order valence-electron chi connectivity index (χ4n) is 3.33. The molecule has 6 atom stereocenters. The third-order valence-electron chi connectivity index (χ3n) is 4.79. The maximum Gasteiger partial charge on any atom is 0.229 e. The van der Waals surface area contributed by atoms with Crippen LogP contribution in [0, 0.1) is 0 Å². The highest BCUT2D eigenvalue weighted by atomic mass is 16.8. The van der Waals surface area contributed by atoms with Gasteiger partial charge in [-0.25, -0.2) is 0 Å². The molecule has 0 radical (unpaired) electrons. The van der Waals surface area contributed by atoms with E-state index in [0.717, 1.165) is 5.56 Å². The summed E-state index contributed by atoms with van der Waals surface area (Å²) in [6, 6.07) is 16.3. The number of hydrogen-bond donors (Lipinski definition) is 3. The second-order valence-electron chi connectivity index (χ2n) is 6.58. The Balaban J connectivity index is 1.47. The molecule has 2 saturated heterocycles. The molecule has 2 aromatic carbocycles. The molecule has 144 valence electrons. The third-order valence-corrected chi connectivity index (χ3v) is 4.79. The van der Waals surface area contributed by atoms with Gasteiger partial charge in [-0.1, -0.05) is 48.5 Å². The van der Waals surface area contributed by atoms with Gasteiger partial charge in [-0.3, -0.25) is 0 Å². The van der Waals surface area contributed by atoms with Crippen LogP contribution in [0.25, 0.3) is 0 Å². The maximum atomic E-state index is 10.6. The lowest BCUT2D eigenvalue weighted by atomic mass is 9.98. The van der Waals surface area contributed by atoms with Crippen molar-refractivity contribution in [3.63, 3.8) is 0 Å². The smallest absolute Gasteiger partial charge is 0.229 e. The molecule has 2 aliphatic heterocycles. The van der Waals surface area contributed by atoms with E-state index in [1.807, 2.05) is 30.3 Å². The molecule has 0 amide bonds. The van der Waals surface area contributed by atoms with E-state index in [-0.39, 0.29) is 13.2 Å². The predicted octanol–water partition coefficient (Wildman–Crippen LogP) is 1.12. The lowest BCUT2D eigenvalue weighted by molar-refractivity contribution is -0.350. The topological polar surface area (TPSA) is 97.6 Å². The van der Waals surface area contributed by atoms with Crippen LogP contribution in [0.1, 0.15) is 17.4 Å². The van der Waals surface area contributed by atoms with Crippen LogP contribution in [0.5, 0.6) is 5.75 Å². The normalized spacial score (nSPS) is 33.3. The number of benzene rings is 2. The number of fused-ring (bicyclic) bond motifs is 1. The third kappa shape index (κ3) is 3.70. The molecule has 0 spiro atoms. The minimum atomic E-state index is -1.31. The fourth-order valence-corrected chi connectivity index (χ4v) is 3.33. The summed E-state index contributed by atoms with van der Waals surface area (Å²) < 4.78 is 23.1. The molecule has 7 nitrogen and oxygen atoms in total. The molecular weight excluding hydrogens is 352 g/mol. The van der Waals surface area contributed by atoms with E-state index in [9.17, 15) is 15.3 Å². The van der Waals surface area contributed by atoms with Crippen molar-refractivity contribution in [3.8, 4) is 5.75 Å². The zero-order valence-electron chi connectivity index (χ0n) is 14.5. The van der Waals surface area contributed by atoms with Crippen molar-refractivity contribution >= 4 is 0 Å². The minimum Gasteiger partial charge on any atom is -0.462 e. The number of hydrogen-bond acceptors (Lipinski definition) is 7. The van der Waals surface area contributed by atoms with Gasteiger partial charge in [0.1, 0.15) is 30.2 Å². The number of aliphatic hydroxyl groups is 3. The summed E-state index contributed by atoms with van der Waals surface area (Å²) in [5.74, 6) is 0.384. The Morgan fingerprint density at radius 1 is 0.926 bits per heavy atom. The van der Waals surface area contributed by atoms with Gasteiger partial charge in [-0.2, -0.15) is 0 Å². The van der Waals surface area contributed by atoms with Crippen molar-refractivity contribution in [3.05, 3.63) is 65.7 Å². The molecule has 0 aliphatic carbocycles. The Morgan fingerprint density at radius 2 is 1.67 bits per heavy atom. The van der Waals surface area contributed by atoms with E-state index >= 15 is 0 Å². The predicted molar refractivity (Wildman–Crippen MR) is 93.7 cm³/mol. The second kappa shape index (κ2) is 7.93. The van der Waals surface area contributed by atoms with Gasteiger partial charge in [0.2, 0.25) is 6.29 Å². The number of rotatable bonds is 4. The van der Waals surface area contributed by atoms with Crippen LogP contribution in [0.2, 0.25) is 0 Å². The lowest BCUT2D eigenvalue weighted by Gasteiger charge is -2.46. The summed E-state index contributed by atoms with van der Waals surface area (Å²) in [5, 5.41) is 30.5. The molecule has 2 aromatic rings. The van der Waals surface area contributed by atoms with E-state index < -0.39 is 37.0 Å². The van der Waals surface area contributed by atoms with Crippen LogP contribution >= 0.6 is 0 Å². The zero-order valence-corrected chi connectivity index (χ0v) is 14.5. The summed E-state index contributed by atoms with van der Waals surface area (Å²) >= 11 is 0.